The Kier molecular flexibility index (Phi) is 7.86. The number of rotatable bonds is 7. The first-order chi connectivity index (χ1) is 24.7. The van der Waals surface area contributed by atoms with Crippen molar-refractivity contribution in [3.8, 4) is 17.3 Å². The van der Waals surface area contributed by atoms with Crippen LogP contribution in [0.1, 0.15) is 64.3 Å². The van der Waals surface area contributed by atoms with Crippen LogP contribution in [-0.2, 0) is 32.6 Å². The number of amides is 2. The molecule has 13 heteroatoms. The molecular formula is C38H35N5O8. The van der Waals surface area contributed by atoms with Crippen LogP contribution in [0.25, 0.3) is 11.6 Å². The molecule has 3 aliphatic rings. The highest BCUT2D eigenvalue weighted by Gasteiger charge is 2.61. The van der Waals surface area contributed by atoms with E-state index in [1.165, 1.54) is 13.4 Å². The largest absolute Gasteiger partial charge is 0.469 e. The molecule has 260 valence electrons. The molecule has 5 atom stereocenters. The number of carbonyl (C=O) groups excluding carboxylic acids is 3. The molecule has 2 amide bonds. The number of esters is 1. The minimum atomic E-state index is -1.31. The van der Waals surface area contributed by atoms with Gasteiger partial charge < -0.3 is 39.4 Å². The molecule has 0 aliphatic carbocycles. The third-order valence-corrected chi connectivity index (χ3v) is 9.72. The molecule has 5 heterocycles. The minimum Gasteiger partial charge on any atom is -0.469 e. The van der Waals surface area contributed by atoms with Crippen LogP contribution >= 0.6 is 0 Å². The fraction of sp³-hybridized carbons (Fsp3) is 0.289. The maximum atomic E-state index is 14.2. The van der Waals surface area contributed by atoms with Crippen molar-refractivity contribution in [2.24, 2.45) is 5.92 Å². The number of carbonyl (C=O) groups is 3. The Hall–Kier alpha value is -5.95. The van der Waals surface area contributed by atoms with Crippen LogP contribution in [0.4, 0.5) is 5.69 Å². The van der Waals surface area contributed by atoms with Crippen molar-refractivity contribution in [3.63, 3.8) is 0 Å². The molecule has 0 fully saturated rings. The van der Waals surface area contributed by atoms with Gasteiger partial charge in [0.15, 0.2) is 23.4 Å². The third-order valence-electron chi connectivity index (χ3n) is 9.72. The van der Waals surface area contributed by atoms with Crippen LogP contribution in [0.2, 0.25) is 0 Å². The van der Waals surface area contributed by atoms with E-state index < -0.39 is 47.6 Å². The molecule has 3 aromatic carbocycles. The monoisotopic (exact) mass is 689 g/mol. The molecule has 4 bridgehead atoms. The van der Waals surface area contributed by atoms with Gasteiger partial charge >= 0.3 is 5.97 Å². The van der Waals surface area contributed by atoms with E-state index in [0.29, 0.717) is 11.5 Å². The number of methoxy groups -OCH3 is 1. The molecule has 5 aromatic rings. The van der Waals surface area contributed by atoms with E-state index in [1.54, 1.807) is 13.8 Å². The van der Waals surface area contributed by atoms with Gasteiger partial charge in [0.25, 0.3) is 0 Å². The second kappa shape index (κ2) is 12.4. The molecular weight excluding hydrogens is 654 g/mol. The third kappa shape index (κ3) is 5.32. The SMILES string of the molecule is COC(=O)c1coc(-c2nc3oc2C24c5ccccc5NC2Oc2ccc(cc24)CC(NC(=O)C(O)C(C)C)C(=O)NC3Cc2ccccc2)n1. The van der Waals surface area contributed by atoms with Crippen molar-refractivity contribution < 1.29 is 37.8 Å². The smallest absolute Gasteiger partial charge is 0.360 e. The second-order valence-corrected chi connectivity index (χ2v) is 13.3. The Morgan fingerprint density at radius 2 is 1.82 bits per heavy atom. The molecule has 5 unspecified atom stereocenters. The van der Waals surface area contributed by atoms with Gasteiger partial charge in [-0.25, -0.2) is 14.8 Å². The Morgan fingerprint density at radius 3 is 2.61 bits per heavy atom. The number of ether oxygens (including phenoxy) is 2. The summed E-state index contributed by atoms with van der Waals surface area (Å²) in [5, 5.41) is 20.0. The fourth-order valence-electron chi connectivity index (χ4n) is 7.16. The average Bonchev–Trinajstić information content (AvgIpc) is 3.92. The van der Waals surface area contributed by atoms with E-state index in [9.17, 15) is 19.5 Å². The number of para-hydroxylation sites is 1. The first kappa shape index (κ1) is 32.3. The lowest BCUT2D eigenvalue weighted by Gasteiger charge is -2.28. The number of aromatic nitrogens is 2. The lowest BCUT2D eigenvalue weighted by atomic mass is 9.72. The van der Waals surface area contributed by atoms with Crippen molar-refractivity contribution in [2.75, 3.05) is 12.4 Å². The second-order valence-electron chi connectivity index (χ2n) is 13.3. The molecule has 51 heavy (non-hydrogen) atoms. The Morgan fingerprint density at radius 1 is 1.04 bits per heavy atom. The minimum absolute atomic E-state index is 0.00924. The number of oxazole rings is 2. The van der Waals surface area contributed by atoms with Crippen molar-refractivity contribution in [2.45, 2.75) is 56.5 Å². The van der Waals surface area contributed by atoms with Crippen LogP contribution in [0.15, 0.2) is 87.9 Å². The molecule has 4 N–H and O–H groups in total. The van der Waals surface area contributed by atoms with Crippen molar-refractivity contribution in [1.82, 2.24) is 20.6 Å². The molecule has 0 saturated heterocycles. The predicted octanol–water partition coefficient (Wildman–Crippen LogP) is 4.05. The van der Waals surface area contributed by atoms with E-state index in [2.05, 4.69) is 20.9 Å². The number of hydrogen-bond donors (Lipinski definition) is 4. The van der Waals surface area contributed by atoms with E-state index in [4.69, 9.17) is 23.3 Å². The summed E-state index contributed by atoms with van der Waals surface area (Å²) in [7, 11) is 1.25. The van der Waals surface area contributed by atoms with E-state index in [-0.39, 0.29) is 41.9 Å². The number of aliphatic hydroxyl groups is 1. The number of aliphatic hydroxyl groups excluding tert-OH is 1. The molecule has 8 rings (SSSR count). The Labute approximate surface area is 292 Å². The summed E-state index contributed by atoms with van der Waals surface area (Å²) < 4.78 is 24.2. The summed E-state index contributed by atoms with van der Waals surface area (Å²) >= 11 is 0. The van der Waals surface area contributed by atoms with Gasteiger partial charge in [-0.1, -0.05) is 74.5 Å². The zero-order valence-corrected chi connectivity index (χ0v) is 28.0. The fourth-order valence-corrected chi connectivity index (χ4v) is 7.16. The number of fused-ring (bicyclic) bond motifs is 4. The average molecular weight is 690 g/mol. The Bertz CT molecular complexity index is 2160. The maximum Gasteiger partial charge on any atom is 0.360 e. The van der Waals surface area contributed by atoms with Gasteiger partial charge in [0.05, 0.1) is 7.11 Å². The van der Waals surface area contributed by atoms with Gasteiger partial charge in [0, 0.05) is 24.1 Å². The van der Waals surface area contributed by atoms with Crippen molar-refractivity contribution >= 4 is 23.5 Å². The molecule has 13 nitrogen and oxygen atoms in total. The zero-order chi connectivity index (χ0) is 35.4. The summed E-state index contributed by atoms with van der Waals surface area (Å²) in [6, 6.07) is 21.0. The lowest BCUT2D eigenvalue weighted by Crippen LogP contribution is -2.52. The highest BCUT2D eigenvalue weighted by molar-refractivity contribution is 5.90. The number of nitrogens with one attached hydrogen (secondary N) is 3. The molecule has 0 radical (unpaired) electrons. The van der Waals surface area contributed by atoms with Gasteiger partial charge in [-0.05, 0) is 34.7 Å². The quantitative estimate of drug-likeness (QED) is 0.181. The van der Waals surface area contributed by atoms with E-state index in [1.807, 2.05) is 72.8 Å². The van der Waals surface area contributed by atoms with Crippen molar-refractivity contribution in [3.05, 3.63) is 119 Å². The van der Waals surface area contributed by atoms with Crippen LogP contribution in [-0.4, -0.2) is 58.3 Å². The van der Waals surface area contributed by atoms with Gasteiger partial charge in [-0.3, -0.25) is 9.59 Å². The number of nitrogens with zero attached hydrogens (tertiary/aromatic N) is 2. The van der Waals surface area contributed by atoms with Gasteiger partial charge in [0.2, 0.25) is 23.6 Å². The molecule has 2 aromatic heterocycles. The summed E-state index contributed by atoms with van der Waals surface area (Å²) in [5.74, 6) is -1.13. The highest BCUT2D eigenvalue weighted by Crippen LogP contribution is 2.59. The number of hydrogen-bond acceptors (Lipinski definition) is 11. The number of benzene rings is 3. The summed E-state index contributed by atoms with van der Waals surface area (Å²) in [5.41, 5.74) is 3.04. The van der Waals surface area contributed by atoms with E-state index >= 15 is 0 Å². The standard InChI is InChI=1S/C38H35N5O8/c1-19(2)30(44)33(46)39-25-17-21-13-14-28-23(15-21)38(22-11-7-8-12-24(22)42-37(38)50-28)31-29(35-41-27(18-49-35)36(47)48-3)43-34(51-31)26(40-32(25)45)16-20-9-5-4-6-10-20/h4-15,18-19,25-26,30,37,42,44H,16-17H2,1-3H3,(H,39,46)(H,40,45). The number of anilines is 1. The molecule has 3 aliphatic heterocycles. The van der Waals surface area contributed by atoms with Gasteiger partial charge in [-0.2, -0.15) is 0 Å². The summed E-state index contributed by atoms with van der Waals surface area (Å²) in [4.78, 5) is 49.3. The van der Waals surface area contributed by atoms with Crippen LogP contribution in [0, 0.1) is 5.92 Å². The maximum absolute atomic E-state index is 14.2. The van der Waals surface area contributed by atoms with Crippen molar-refractivity contribution in [1.29, 1.82) is 0 Å². The first-order valence-electron chi connectivity index (χ1n) is 16.7. The van der Waals surface area contributed by atoms with Gasteiger partial charge in [0.1, 0.15) is 35.6 Å². The first-order valence-corrected chi connectivity index (χ1v) is 16.7. The van der Waals surface area contributed by atoms with Crippen LogP contribution in [0.3, 0.4) is 0 Å². The van der Waals surface area contributed by atoms with Crippen LogP contribution < -0.4 is 20.7 Å². The summed E-state index contributed by atoms with van der Waals surface area (Å²) in [6.45, 7) is 3.45. The van der Waals surface area contributed by atoms with Gasteiger partial charge in [-0.15, -0.1) is 0 Å². The Balaban J connectivity index is 1.37. The van der Waals surface area contributed by atoms with E-state index in [0.717, 1.165) is 27.9 Å². The lowest BCUT2D eigenvalue weighted by molar-refractivity contribution is -0.135. The zero-order valence-electron chi connectivity index (χ0n) is 28.0. The highest BCUT2D eigenvalue weighted by atomic mass is 16.5. The summed E-state index contributed by atoms with van der Waals surface area (Å²) in [6.07, 6.45) is -0.409. The molecule has 1 spiro atoms. The van der Waals surface area contributed by atoms with Crippen LogP contribution in [0.5, 0.6) is 5.75 Å². The normalized spacial score (nSPS) is 22.0. The molecule has 0 saturated carbocycles. The predicted molar refractivity (Wildman–Crippen MR) is 182 cm³/mol. The topological polar surface area (TPSA) is 178 Å².